The lowest BCUT2D eigenvalue weighted by Crippen LogP contribution is -2.36. The number of hydrogen-bond donors (Lipinski definition) is 2. The molecule has 1 amide bonds. The van der Waals surface area contributed by atoms with Gasteiger partial charge in [0, 0.05) is 48.2 Å². The maximum Gasteiger partial charge on any atom is 0.270 e. The van der Waals surface area contributed by atoms with E-state index in [0.717, 1.165) is 5.69 Å². The van der Waals surface area contributed by atoms with Gasteiger partial charge < -0.3 is 24.4 Å². The van der Waals surface area contributed by atoms with Gasteiger partial charge in [-0.25, -0.2) is 5.43 Å². The highest BCUT2D eigenvalue weighted by molar-refractivity contribution is 5.90. The number of amides is 1. The van der Waals surface area contributed by atoms with Crippen molar-refractivity contribution in [1.29, 1.82) is 0 Å². The summed E-state index contributed by atoms with van der Waals surface area (Å²) in [5.41, 5.74) is 4.43. The van der Waals surface area contributed by atoms with E-state index in [2.05, 4.69) is 20.7 Å². The fraction of sp³-hybridized carbons (Fsp3) is 0.300. The molecule has 2 aromatic rings. The number of morpholine rings is 1. The summed E-state index contributed by atoms with van der Waals surface area (Å²) in [7, 11) is 0. The number of nitrogens with zero attached hydrogens (tertiary/aromatic N) is 3. The van der Waals surface area contributed by atoms with Crippen LogP contribution in [0.1, 0.15) is 5.56 Å². The third-order valence-electron chi connectivity index (χ3n) is 4.79. The van der Waals surface area contributed by atoms with Crippen LogP contribution in [-0.2, 0) is 9.53 Å². The molecule has 1 saturated heterocycles. The molecule has 162 valence electrons. The van der Waals surface area contributed by atoms with E-state index in [4.69, 9.17) is 14.2 Å². The molecule has 2 heterocycles. The van der Waals surface area contributed by atoms with Gasteiger partial charge in [0.05, 0.1) is 30.9 Å². The van der Waals surface area contributed by atoms with Gasteiger partial charge in [0.1, 0.15) is 0 Å². The maximum atomic E-state index is 12.1. The minimum Gasteiger partial charge on any atom is -0.454 e. The molecule has 0 spiro atoms. The quantitative estimate of drug-likeness (QED) is 0.388. The largest absolute Gasteiger partial charge is 0.454 e. The number of anilines is 2. The molecule has 2 aliphatic heterocycles. The highest BCUT2D eigenvalue weighted by Crippen LogP contribution is 2.34. The van der Waals surface area contributed by atoms with Crippen LogP contribution >= 0.6 is 0 Å². The third kappa shape index (κ3) is 5.01. The van der Waals surface area contributed by atoms with Crippen LogP contribution in [0.25, 0.3) is 0 Å². The van der Waals surface area contributed by atoms with Gasteiger partial charge in [-0.05, 0) is 18.2 Å². The average molecular weight is 427 g/mol. The zero-order chi connectivity index (χ0) is 21.6. The van der Waals surface area contributed by atoms with Gasteiger partial charge in [-0.1, -0.05) is 0 Å². The number of non-ortho nitro benzene ring substituents is 1. The molecule has 0 atom stereocenters. The predicted octanol–water partition coefficient (Wildman–Crippen LogP) is 1.72. The Morgan fingerprint density at radius 1 is 1.16 bits per heavy atom. The standard InChI is InChI=1S/C20H21N5O6/c26-20(12-21-15-1-4-18-19(10-15)31-13-30-18)23-22-11-14-9-16(25(27)28)2-3-17(14)24-5-7-29-8-6-24/h1-4,9-11,21H,5-8,12-13H2,(H,23,26)/b22-11-. The van der Waals surface area contributed by atoms with Crippen LogP contribution in [0.5, 0.6) is 11.5 Å². The van der Waals surface area contributed by atoms with E-state index < -0.39 is 4.92 Å². The van der Waals surface area contributed by atoms with Crippen molar-refractivity contribution in [2.45, 2.75) is 0 Å². The molecule has 31 heavy (non-hydrogen) atoms. The zero-order valence-corrected chi connectivity index (χ0v) is 16.6. The molecule has 2 aromatic carbocycles. The average Bonchev–Trinajstić information content (AvgIpc) is 3.26. The first-order chi connectivity index (χ1) is 15.1. The van der Waals surface area contributed by atoms with Gasteiger partial charge in [0.2, 0.25) is 6.79 Å². The molecule has 0 aliphatic carbocycles. The second kappa shape index (κ2) is 9.30. The minimum absolute atomic E-state index is 0.0117. The maximum absolute atomic E-state index is 12.1. The Bertz CT molecular complexity index is 1010. The Morgan fingerprint density at radius 2 is 1.97 bits per heavy atom. The molecular weight excluding hydrogens is 406 g/mol. The van der Waals surface area contributed by atoms with Crippen LogP contribution in [-0.4, -0.2) is 56.7 Å². The second-order valence-electron chi connectivity index (χ2n) is 6.81. The van der Waals surface area contributed by atoms with Gasteiger partial charge >= 0.3 is 0 Å². The Morgan fingerprint density at radius 3 is 2.77 bits per heavy atom. The van der Waals surface area contributed by atoms with Gasteiger partial charge in [-0.3, -0.25) is 14.9 Å². The second-order valence-corrected chi connectivity index (χ2v) is 6.81. The number of carbonyl (C=O) groups is 1. The summed E-state index contributed by atoms with van der Waals surface area (Å²) >= 11 is 0. The lowest BCUT2D eigenvalue weighted by atomic mass is 10.1. The smallest absolute Gasteiger partial charge is 0.270 e. The van der Waals surface area contributed by atoms with Crippen molar-refractivity contribution >= 4 is 29.2 Å². The summed E-state index contributed by atoms with van der Waals surface area (Å²) in [5.74, 6) is 0.907. The normalized spacial score (nSPS) is 15.2. The molecule has 11 nitrogen and oxygen atoms in total. The summed E-state index contributed by atoms with van der Waals surface area (Å²) in [5, 5.41) is 18.1. The highest BCUT2D eigenvalue weighted by Gasteiger charge is 2.17. The molecule has 0 bridgehead atoms. The Kier molecular flexibility index (Phi) is 6.13. The van der Waals surface area contributed by atoms with E-state index in [9.17, 15) is 14.9 Å². The molecule has 0 radical (unpaired) electrons. The van der Waals surface area contributed by atoms with Crippen LogP contribution in [0.3, 0.4) is 0 Å². The molecular formula is C20H21N5O6. The lowest BCUT2D eigenvalue weighted by molar-refractivity contribution is -0.384. The molecule has 0 unspecified atom stereocenters. The van der Waals surface area contributed by atoms with Crippen LogP contribution < -0.4 is 25.1 Å². The summed E-state index contributed by atoms with van der Waals surface area (Å²) in [6.45, 7) is 2.67. The van der Waals surface area contributed by atoms with E-state index in [0.29, 0.717) is 49.1 Å². The molecule has 4 rings (SSSR count). The van der Waals surface area contributed by atoms with Crippen molar-refractivity contribution in [1.82, 2.24) is 5.43 Å². The van der Waals surface area contributed by atoms with Crippen molar-refractivity contribution in [2.75, 3.05) is 49.9 Å². The van der Waals surface area contributed by atoms with E-state index in [1.54, 1.807) is 24.3 Å². The van der Waals surface area contributed by atoms with Gasteiger partial charge in [0.25, 0.3) is 11.6 Å². The Hall–Kier alpha value is -3.86. The summed E-state index contributed by atoms with van der Waals surface area (Å²) < 4.78 is 15.9. The summed E-state index contributed by atoms with van der Waals surface area (Å²) in [4.78, 5) is 24.9. The van der Waals surface area contributed by atoms with Crippen molar-refractivity contribution in [3.63, 3.8) is 0 Å². The third-order valence-corrected chi connectivity index (χ3v) is 4.79. The van der Waals surface area contributed by atoms with Crippen molar-refractivity contribution in [3.8, 4) is 11.5 Å². The highest BCUT2D eigenvalue weighted by atomic mass is 16.7. The van der Waals surface area contributed by atoms with E-state index in [1.165, 1.54) is 18.3 Å². The monoisotopic (exact) mass is 427 g/mol. The van der Waals surface area contributed by atoms with E-state index in [1.807, 2.05) is 0 Å². The van der Waals surface area contributed by atoms with Crippen LogP contribution in [0.15, 0.2) is 41.5 Å². The number of benzene rings is 2. The molecule has 0 saturated carbocycles. The fourth-order valence-electron chi connectivity index (χ4n) is 3.25. The number of fused-ring (bicyclic) bond motifs is 1. The van der Waals surface area contributed by atoms with Gasteiger partial charge in [-0.2, -0.15) is 5.10 Å². The number of hydrogen-bond acceptors (Lipinski definition) is 9. The number of nitro groups is 1. The van der Waals surface area contributed by atoms with E-state index in [-0.39, 0.29) is 24.9 Å². The summed E-state index contributed by atoms with van der Waals surface area (Å²) in [6, 6.07) is 9.86. The fourth-order valence-corrected chi connectivity index (χ4v) is 3.25. The van der Waals surface area contributed by atoms with Crippen LogP contribution in [0, 0.1) is 10.1 Å². The van der Waals surface area contributed by atoms with Crippen molar-refractivity contribution < 1.29 is 23.9 Å². The first-order valence-corrected chi connectivity index (χ1v) is 9.67. The number of carbonyl (C=O) groups excluding carboxylic acids is 1. The first-order valence-electron chi connectivity index (χ1n) is 9.67. The van der Waals surface area contributed by atoms with Crippen LogP contribution in [0.2, 0.25) is 0 Å². The molecule has 2 aliphatic rings. The summed E-state index contributed by atoms with van der Waals surface area (Å²) in [6.07, 6.45) is 1.41. The van der Waals surface area contributed by atoms with Crippen molar-refractivity contribution in [3.05, 3.63) is 52.1 Å². The minimum atomic E-state index is -0.464. The van der Waals surface area contributed by atoms with Gasteiger partial charge in [-0.15, -0.1) is 0 Å². The van der Waals surface area contributed by atoms with Crippen LogP contribution in [0.4, 0.5) is 17.1 Å². The topological polar surface area (TPSA) is 128 Å². The number of nitro benzene ring substituents is 1. The molecule has 11 heteroatoms. The number of ether oxygens (including phenoxy) is 3. The Labute approximate surface area is 177 Å². The molecule has 1 fully saturated rings. The first kappa shape index (κ1) is 20.4. The number of rotatable bonds is 7. The molecule has 2 N–H and O–H groups in total. The number of nitrogens with one attached hydrogen (secondary N) is 2. The molecule has 0 aromatic heterocycles. The van der Waals surface area contributed by atoms with Crippen molar-refractivity contribution in [2.24, 2.45) is 5.10 Å². The Balaban J connectivity index is 1.38. The van der Waals surface area contributed by atoms with Gasteiger partial charge in [0.15, 0.2) is 11.5 Å². The number of hydrazone groups is 1. The predicted molar refractivity (Wildman–Crippen MR) is 113 cm³/mol. The zero-order valence-electron chi connectivity index (χ0n) is 16.6. The SMILES string of the molecule is O=C(CNc1ccc2c(c1)OCO2)N/N=C\c1cc([N+](=O)[O-])ccc1N1CCOCC1. The lowest BCUT2D eigenvalue weighted by Gasteiger charge is -2.29. The van der Waals surface area contributed by atoms with E-state index >= 15 is 0 Å².